The SMILES string of the molecule is COc1ccc(C(=O)Nc2ccc(-c3nc4c(c(=O)n(C)c(=O)n4C)n3C)cc2)cc1OC. The molecule has 2 aromatic heterocycles. The normalized spacial score (nSPS) is 10.9. The average Bonchev–Trinajstić information content (AvgIpc) is 3.18. The molecule has 10 nitrogen and oxygen atoms in total. The third-order valence-electron chi connectivity index (χ3n) is 5.52. The molecule has 0 bridgehead atoms. The van der Waals surface area contributed by atoms with Crippen LogP contribution in [0.15, 0.2) is 52.1 Å². The quantitative estimate of drug-likeness (QED) is 0.499. The summed E-state index contributed by atoms with van der Waals surface area (Å²) in [5, 5.41) is 2.84. The van der Waals surface area contributed by atoms with Gasteiger partial charge in [0.2, 0.25) is 0 Å². The van der Waals surface area contributed by atoms with Crippen LogP contribution in [0.3, 0.4) is 0 Å². The highest BCUT2D eigenvalue weighted by molar-refractivity contribution is 6.04. The van der Waals surface area contributed by atoms with Crippen molar-refractivity contribution in [3.8, 4) is 22.9 Å². The second kappa shape index (κ2) is 8.30. The topological polar surface area (TPSA) is 109 Å². The molecule has 1 N–H and O–H groups in total. The Morgan fingerprint density at radius 2 is 1.55 bits per heavy atom. The number of ether oxygens (including phenoxy) is 2. The van der Waals surface area contributed by atoms with E-state index < -0.39 is 11.2 Å². The maximum atomic E-state index is 12.7. The number of amides is 1. The maximum absolute atomic E-state index is 12.7. The Kier molecular flexibility index (Phi) is 5.50. The predicted octanol–water partition coefficient (Wildman–Crippen LogP) is 1.91. The van der Waals surface area contributed by atoms with Gasteiger partial charge in [-0.25, -0.2) is 9.78 Å². The van der Waals surface area contributed by atoms with Crippen LogP contribution in [-0.2, 0) is 21.1 Å². The van der Waals surface area contributed by atoms with Crippen molar-refractivity contribution in [2.24, 2.45) is 21.1 Å². The molecule has 0 fully saturated rings. The van der Waals surface area contributed by atoms with Gasteiger partial charge in [0, 0.05) is 38.0 Å². The lowest BCUT2D eigenvalue weighted by atomic mass is 10.1. The van der Waals surface area contributed by atoms with Crippen LogP contribution >= 0.6 is 0 Å². The standard InChI is InChI=1S/C23H23N5O5/c1-26-18-20(27(2)23(31)28(3)22(18)30)25-19(26)13-6-9-15(10-7-13)24-21(29)14-8-11-16(32-4)17(12-14)33-5/h6-12H,1-5H3,(H,24,29). The molecule has 170 valence electrons. The smallest absolute Gasteiger partial charge is 0.332 e. The highest BCUT2D eigenvalue weighted by Gasteiger charge is 2.18. The first-order valence-corrected chi connectivity index (χ1v) is 10.0. The van der Waals surface area contributed by atoms with Crippen molar-refractivity contribution in [3.63, 3.8) is 0 Å². The summed E-state index contributed by atoms with van der Waals surface area (Å²) in [6.07, 6.45) is 0. The van der Waals surface area contributed by atoms with Gasteiger partial charge in [-0.3, -0.25) is 18.7 Å². The molecule has 0 aliphatic rings. The second-order valence-corrected chi connectivity index (χ2v) is 7.47. The summed E-state index contributed by atoms with van der Waals surface area (Å²) in [5.41, 5.74) is 1.53. The van der Waals surface area contributed by atoms with Crippen LogP contribution in [-0.4, -0.2) is 38.8 Å². The number of methoxy groups -OCH3 is 2. The van der Waals surface area contributed by atoms with Crippen LogP contribution in [0.1, 0.15) is 10.4 Å². The summed E-state index contributed by atoms with van der Waals surface area (Å²) >= 11 is 0. The van der Waals surface area contributed by atoms with Gasteiger partial charge in [-0.05, 0) is 42.5 Å². The molecule has 2 heterocycles. The number of imidazole rings is 1. The number of nitrogens with one attached hydrogen (secondary N) is 1. The van der Waals surface area contributed by atoms with E-state index in [1.54, 1.807) is 61.1 Å². The minimum Gasteiger partial charge on any atom is -0.493 e. The largest absolute Gasteiger partial charge is 0.493 e. The van der Waals surface area contributed by atoms with Gasteiger partial charge < -0.3 is 19.4 Å². The molecule has 0 atom stereocenters. The van der Waals surface area contributed by atoms with Gasteiger partial charge in [-0.2, -0.15) is 0 Å². The lowest BCUT2D eigenvalue weighted by Gasteiger charge is -2.10. The highest BCUT2D eigenvalue weighted by Crippen LogP contribution is 2.28. The number of anilines is 1. The summed E-state index contributed by atoms with van der Waals surface area (Å²) in [5.74, 6) is 1.22. The van der Waals surface area contributed by atoms with E-state index in [1.807, 2.05) is 0 Å². The second-order valence-electron chi connectivity index (χ2n) is 7.47. The Bertz CT molecular complexity index is 1500. The lowest BCUT2D eigenvalue weighted by molar-refractivity contribution is 0.102. The molecule has 0 unspecified atom stereocenters. The average molecular weight is 449 g/mol. The zero-order valence-electron chi connectivity index (χ0n) is 18.9. The number of carbonyl (C=O) groups excluding carboxylic acids is 1. The van der Waals surface area contributed by atoms with Crippen molar-refractivity contribution in [2.45, 2.75) is 0 Å². The monoisotopic (exact) mass is 449 g/mol. The van der Waals surface area contributed by atoms with Crippen molar-refractivity contribution in [1.29, 1.82) is 0 Å². The molecule has 0 spiro atoms. The van der Waals surface area contributed by atoms with Crippen molar-refractivity contribution in [1.82, 2.24) is 18.7 Å². The summed E-state index contributed by atoms with van der Waals surface area (Å²) < 4.78 is 14.5. The fourth-order valence-electron chi connectivity index (χ4n) is 3.66. The number of aromatic nitrogens is 4. The predicted molar refractivity (Wildman–Crippen MR) is 124 cm³/mol. The Morgan fingerprint density at radius 1 is 0.879 bits per heavy atom. The molecule has 0 aliphatic carbocycles. The van der Waals surface area contributed by atoms with Gasteiger partial charge in [0.1, 0.15) is 5.82 Å². The van der Waals surface area contributed by atoms with E-state index in [2.05, 4.69) is 10.3 Å². The number of hydrogen-bond donors (Lipinski definition) is 1. The van der Waals surface area contributed by atoms with E-state index in [-0.39, 0.29) is 5.91 Å². The minimum atomic E-state index is -0.439. The Balaban J connectivity index is 1.64. The number of aryl methyl sites for hydroxylation is 2. The van der Waals surface area contributed by atoms with Crippen LogP contribution in [0, 0.1) is 0 Å². The summed E-state index contributed by atoms with van der Waals surface area (Å²) in [6.45, 7) is 0. The first-order chi connectivity index (χ1) is 15.8. The van der Waals surface area contributed by atoms with Crippen molar-refractivity contribution in [2.75, 3.05) is 19.5 Å². The third-order valence-corrected chi connectivity index (χ3v) is 5.52. The van der Waals surface area contributed by atoms with Crippen molar-refractivity contribution >= 4 is 22.8 Å². The number of hydrogen-bond acceptors (Lipinski definition) is 6. The molecule has 0 aliphatic heterocycles. The zero-order chi connectivity index (χ0) is 23.9. The van der Waals surface area contributed by atoms with E-state index in [9.17, 15) is 14.4 Å². The highest BCUT2D eigenvalue weighted by atomic mass is 16.5. The van der Waals surface area contributed by atoms with Crippen LogP contribution in [0.4, 0.5) is 5.69 Å². The van der Waals surface area contributed by atoms with Gasteiger partial charge in [-0.1, -0.05) is 0 Å². The van der Waals surface area contributed by atoms with Crippen LogP contribution in [0.2, 0.25) is 0 Å². The molecule has 1 amide bonds. The van der Waals surface area contributed by atoms with E-state index in [4.69, 9.17) is 9.47 Å². The van der Waals surface area contributed by atoms with Crippen LogP contribution in [0.5, 0.6) is 11.5 Å². The Labute approximate surface area is 188 Å². The minimum absolute atomic E-state index is 0.301. The van der Waals surface area contributed by atoms with Crippen LogP contribution < -0.4 is 26.0 Å². The number of fused-ring (bicyclic) bond motifs is 1. The first kappa shape index (κ1) is 21.9. The van der Waals surface area contributed by atoms with Gasteiger partial charge in [0.15, 0.2) is 22.7 Å². The van der Waals surface area contributed by atoms with Crippen LogP contribution in [0.25, 0.3) is 22.6 Å². The van der Waals surface area contributed by atoms with E-state index in [0.29, 0.717) is 39.7 Å². The fraction of sp³-hybridized carbons (Fsp3) is 0.217. The third kappa shape index (κ3) is 3.65. The molecular weight excluding hydrogens is 426 g/mol. The van der Waals surface area contributed by atoms with Crippen molar-refractivity contribution < 1.29 is 14.3 Å². The van der Waals surface area contributed by atoms with Gasteiger partial charge in [0.25, 0.3) is 11.5 Å². The fourth-order valence-corrected chi connectivity index (χ4v) is 3.66. The number of rotatable bonds is 5. The Hall–Kier alpha value is -4.34. The molecule has 0 saturated carbocycles. The van der Waals surface area contributed by atoms with Crippen molar-refractivity contribution in [3.05, 3.63) is 68.9 Å². The maximum Gasteiger partial charge on any atom is 0.332 e. The van der Waals surface area contributed by atoms with E-state index in [0.717, 1.165) is 10.1 Å². The molecule has 0 radical (unpaired) electrons. The number of nitrogens with zero attached hydrogens (tertiary/aromatic N) is 4. The summed E-state index contributed by atoms with van der Waals surface area (Å²) in [7, 11) is 7.78. The zero-order valence-corrected chi connectivity index (χ0v) is 18.9. The molecule has 33 heavy (non-hydrogen) atoms. The molecule has 2 aromatic carbocycles. The van der Waals surface area contributed by atoms with Gasteiger partial charge >= 0.3 is 5.69 Å². The lowest BCUT2D eigenvalue weighted by Crippen LogP contribution is -2.37. The van der Waals surface area contributed by atoms with E-state index in [1.165, 1.54) is 25.8 Å². The molecule has 4 rings (SSSR count). The number of benzene rings is 2. The number of carbonyl (C=O) groups is 1. The summed E-state index contributed by atoms with van der Waals surface area (Å²) in [4.78, 5) is 42.0. The molecular formula is C23H23N5O5. The summed E-state index contributed by atoms with van der Waals surface area (Å²) in [6, 6.07) is 12.0. The van der Waals surface area contributed by atoms with Gasteiger partial charge in [-0.15, -0.1) is 0 Å². The first-order valence-electron chi connectivity index (χ1n) is 10.0. The van der Waals surface area contributed by atoms with E-state index >= 15 is 0 Å². The molecule has 4 aromatic rings. The van der Waals surface area contributed by atoms with Gasteiger partial charge in [0.05, 0.1) is 14.2 Å². The Morgan fingerprint density at radius 3 is 2.18 bits per heavy atom. The molecule has 10 heteroatoms. The molecule has 0 saturated heterocycles.